The third kappa shape index (κ3) is 3.05. The zero-order valence-electron chi connectivity index (χ0n) is 14.7. The van der Waals surface area contributed by atoms with Gasteiger partial charge in [-0.1, -0.05) is 13.8 Å². The lowest BCUT2D eigenvalue weighted by Gasteiger charge is -2.35. The molecular formula is C18H24N2O4. The quantitative estimate of drug-likeness (QED) is 0.811. The van der Waals surface area contributed by atoms with Crippen LogP contribution in [-0.4, -0.2) is 41.5 Å². The van der Waals surface area contributed by atoms with E-state index in [0.29, 0.717) is 23.1 Å². The molecule has 0 radical (unpaired) electrons. The van der Waals surface area contributed by atoms with E-state index in [1.54, 1.807) is 10.6 Å². The monoisotopic (exact) mass is 332 g/mol. The molecule has 2 aromatic heterocycles. The molecule has 0 unspecified atom stereocenters. The van der Waals surface area contributed by atoms with Crippen molar-refractivity contribution >= 4 is 23.0 Å². The van der Waals surface area contributed by atoms with Crippen LogP contribution < -0.4 is 0 Å². The lowest BCUT2D eigenvalue weighted by atomic mass is 9.92. The number of furan rings is 1. The van der Waals surface area contributed by atoms with Gasteiger partial charge in [-0.2, -0.15) is 0 Å². The number of carbonyl (C=O) groups excluding carboxylic acids is 2. The molecule has 1 amide bonds. The van der Waals surface area contributed by atoms with Crippen molar-refractivity contribution in [1.82, 2.24) is 9.47 Å². The van der Waals surface area contributed by atoms with Gasteiger partial charge in [0.1, 0.15) is 18.0 Å². The molecule has 0 saturated carbocycles. The van der Waals surface area contributed by atoms with Crippen molar-refractivity contribution in [2.24, 2.45) is 11.8 Å². The minimum Gasteiger partial charge on any atom is -0.464 e. The molecule has 24 heavy (non-hydrogen) atoms. The van der Waals surface area contributed by atoms with E-state index >= 15 is 0 Å². The van der Waals surface area contributed by atoms with E-state index in [4.69, 9.17) is 9.15 Å². The topological polar surface area (TPSA) is 64.7 Å². The minimum atomic E-state index is -0.466. The predicted octanol–water partition coefficient (Wildman–Crippen LogP) is 2.83. The summed E-state index contributed by atoms with van der Waals surface area (Å²) >= 11 is 0. The van der Waals surface area contributed by atoms with Crippen molar-refractivity contribution in [3.05, 3.63) is 23.6 Å². The predicted molar refractivity (Wildman–Crippen MR) is 89.8 cm³/mol. The molecule has 1 aliphatic heterocycles. The van der Waals surface area contributed by atoms with Crippen molar-refractivity contribution in [3.8, 4) is 0 Å². The number of nitrogens with zero attached hydrogens (tertiary/aromatic N) is 2. The highest BCUT2D eigenvalue weighted by Gasteiger charge is 2.27. The number of methoxy groups -OCH3 is 1. The normalized spacial score (nSPS) is 21.2. The molecule has 0 N–H and O–H groups in total. The fourth-order valence-corrected chi connectivity index (χ4v) is 3.71. The Morgan fingerprint density at radius 1 is 1.25 bits per heavy atom. The van der Waals surface area contributed by atoms with Gasteiger partial charge in [-0.15, -0.1) is 0 Å². The molecule has 1 saturated heterocycles. The Hall–Kier alpha value is -2.24. The summed E-state index contributed by atoms with van der Waals surface area (Å²) in [7, 11) is 1.34. The minimum absolute atomic E-state index is 0.0231. The summed E-state index contributed by atoms with van der Waals surface area (Å²) in [4.78, 5) is 26.7. The van der Waals surface area contributed by atoms with Gasteiger partial charge in [0, 0.05) is 25.2 Å². The van der Waals surface area contributed by atoms with Crippen LogP contribution in [-0.2, 0) is 16.1 Å². The number of fused-ring (bicyclic) bond motifs is 1. The molecule has 1 fully saturated rings. The summed E-state index contributed by atoms with van der Waals surface area (Å²) < 4.78 is 12.1. The highest BCUT2D eigenvalue weighted by molar-refractivity contribution is 5.95. The van der Waals surface area contributed by atoms with E-state index in [1.807, 2.05) is 17.9 Å². The molecule has 2 aromatic rings. The fourth-order valence-electron chi connectivity index (χ4n) is 3.71. The lowest BCUT2D eigenvalue weighted by Crippen LogP contribution is -2.44. The number of piperidine rings is 1. The van der Waals surface area contributed by atoms with Crippen molar-refractivity contribution in [2.75, 3.05) is 20.2 Å². The average Bonchev–Trinajstić information content (AvgIpc) is 3.03. The molecule has 0 aliphatic carbocycles. The van der Waals surface area contributed by atoms with E-state index < -0.39 is 5.97 Å². The molecule has 6 nitrogen and oxygen atoms in total. The number of likely N-dealkylation sites (tertiary alicyclic amines) is 1. The third-order valence-corrected chi connectivity index (χ3v) is 4.62. The van der Waals surface area contributed by atoms with E-state index in [1.165, 1.54) is 7.11 Å². The molecule has 130 valence electrons. The van der Waals surface area contributed by atoms with Crippen LogP contribution in [0.4, 0.5) is 0 Å². The second kappa shape index (κ2) is 6.34. The van der Waals surface area contributed by atoms with Crippen molar-refractivity contribution < 1.29 is 18.7 Å². The maximum Gasteiger partial charge on any atom is 0.354 e. The maximum absolute atomic E-state index is 12.8. The van der Waals surface area contributed by atoms with Crippen molar-refractivity contribution in [2.45, 2.75) is 33.7 Å². The molecule has 2 atom stereocenters. The lowest BCUT2D eigenvalue weighted by molar-refractivity contribution is -0.134. The molecule has 0 aromatic carbocycles. The first-order chi connectivity index (χ1) is 11.4. The van der Waals surface area contributed by atoms with Gasteiger partial charge in [0.2, 0.25) is 5.91 Å². The third-order valence-electron chi connectivity index (χ3n) is 4.62. The Morgan fingerprint density at radius 3 is 2.54 bits per heavy atom. The van der Waals surface area contributed by atoms with Crippen molar-refractivity contribution in [1.29, 1.82) is 0 Å². The van der Waals surface area contributed by atoms with Crippen LogP contribution >= 0.6 is 0 Å². The molecule has 0 bridgehead atoms. The largest absolute Gasteiger partial charge is 0.464 e. The van der Waals surface area contributed by atoms with Crippen LogP contribution in [0, 0.1) is 18.8 Å². The smallest absolute Gasteiger partial charge is 0.354 e. The van der Waals surface area contributed by atoms with Gasteiger partial charge >= 0.3 is 5.97 Å². The number of esters is 1. The SMILES string of the molecule is COC(=O)c1cc2oc(C)cc2n1CC(=O)N1C[C@@H](C)C[C@H](C)C1. The zero-order chi connectivity index (χ0) is 17.4. The van der Waals surface area contributed by atoms with Gasteiger partial charge in [-0.25, -0.2) is 4.79 Å². The van der Waals surface area contributed by atoms with Gasteiger partial charge in [-0.3, -0.25) is 4.79 Å². The number of hydrogen-bond donors (Lipinski definition) is 0. The second-order valence-electron chi connectivity index (χ2n) is 6.96. The number of aromatic nitrogens is 1. The maximum atomic E-state index is 12.8. The summed E-state index contributed by atoms with van der Waals surface area (Å²) in [5.41, 5.74) is 1.69. The number of amides is 1. The van der Waals surface area contributed by atoms with E-state index in [0.717, 1.165) is 30.8 Å². The first-order valence-electron chi connectivity index (χ1n) is 8.34. The van der Waals surface area contributed by atoms with E-state index in [-0.39, 0.29) is 12.5 Å². The van der Waals surface area contributed by atoms with Gasteiger partial charge in [0.25, 0.3) is 0 Å². The fraction of sp³-hybridized carbons (Fsp3) is 0.556. The molecule has 6 heteroatoms. The molecular weight excluding hydrogens is 308 g/mol. The highest BCUT2D eigenvalue weighted by atomic mass is 16.5. The van der Waals surface area contributed by atoms with Gasteiger partial charge in [-0.05, 0) is 25.2 Å². The van der Waals surface area contributed by atoms with Gasteiger partial charge in [0.15, 0.2) is 5.58 Å². The number of ether oxygens (including phenoxy) is 1. The summed E-state index contributed by atoms with van der Waals surface area (Å²) in [5, 5.41) is 0. The Kier molecular flexibility index (Phi) is 4.39. The summed E-state index contributed by atoms with van der Waals surface area (Å²) in [6, 6.07) is 3.49. The van der Waals surface area contributed by atoms with Gasteiger partial charge in [0.05, 0.1) is 12.6 Å². The summed E-state index contributed by atoms with van der Waals surface area (Å²) in [6.45, 7) is 7.84. The number of aryl methyl sites for hydroxylation is 1. The van der Waals surface area contributed by atoms with Crippen LogP contribution in [0.5, 0.6) is 0 Å². The Morgan fingerprint density at radius 2 is 1.92 bits per heavy atom. The summed E-state index contributed by atoms with van der Waals surface area (Å²) in [6.07, 6.45) is 1.14. The second-order valence-corrected chi connectivity index (χ2v) is 6.96. The van der Waals surface area contributed by atoms with E-state index in [2.05, 4.69) is 13.8 Å². The number of hydrogen-bond acceptors (Lipinski definition) is 4. The van der Waals surface area contributed by atoms with Crippen LogP contribution in [0.1, 0.15) is 36.5 Å². The standard InChI is InChI=1S/C18H24N2O4/c1-11-5-12(2)9-19(8-11)17(21)10-20-14-6-13(3)24-16(14)7-15(20)18(22)23-4/h6-7,11-12H,5,8-10H2,1-4H3/t11-,12-/m0/s1. The van der Waals surface area contributed by atoms with Crippen LogP contribution in [0.2, 0.25) is 0 Å². The Balaban J connectivity index is 1.90. The summed E-state index contributed by atoms with van der Waals surface area (Å²) in [5.74, 6) is 1.30. The molecule has 1 aliphatic rings. The van der Waals surface area contributed by atoms with Crippen LogP contribution in [0.25, 0.3) is 11.1 Å². The molecule has 3 rings (SSSR count). The van der Waals surface area contributed by atoms with E-state index in [9.17, 15) is 9.59 Å². The Bertz CT molecular complexity index is 763. The van der Waals surface area contributed by atoms with Gasteiger partial charge < -0.3 is 18.6 Å². The number of carbonyl (C=O) groups is 2. The highest BCUT2D eigenvalue weighted by Crippen LogP contribution is 2.26. The molecule has 3 heterocycles. The van der Waals surface area contributed by atoms with Crippen molar-refractivity contribution in [3.63, 3.8) is 0 Å². The zero-order valence-corrected chi connectivity index (χ0v) is 14.7. The number of rotatable bonds is 3. The first kappa shape index (κ1) is 16.6. The first-order valence-corrected chi connectivity index (χ1v) is 8.34. The van der Waals surface area contributed by atoms with Crippen LogP contribution in [0.15, 0.2) is 16.5 Å². The molecule has 0 spiro atoms. The van der Waals surface area contributed by atoms with Crippen LogP contribution in [0.3, 0.4) is 0 Å². The average molecular weight is 332 g/mol. The Labute approximate surface area is 141 Å².